The van der Waals surface area contributed by atoms with Gasteiger partial charge in [-0.15, -0.1) is 0 Å². The number of rotatable bonds is 8. The van der Waals surface area contributed by atoms with Gasteiger partial charge < -0.3 is 14.6 Å². The fourth-order valence-corrected chi connectivity index (χ4v) is 4.08. The van der Waals surface area contributed by atoms with Gasteiger partial charge in [-0.25, -0.2) is 4.79 Å². The second-order valence-corrected chi connectivity index (χ2v) is 9.65. The van der Waals surface area contributed by atoms with Crippen molar-refractivity contribution in [1.82, 2.24) is 4.98 Å². The summed E-state index contributed by atoms with van der Waals surface area (Å²) in [6.07, 6.45) is 1.28. The fraction of sp³-hybridized carbons (Fsp3) is 0.267. The number of hydrogen-bond donors (Lipinski definition) is 1. The van der Waals surface area contributed by atoms with E-state index in [1.165, 1.54) is 17.0 Å². The van der Waals surface area contributed by atoms with Crippen molar-refractivity contribution in [2.75, 3.05) is 11.5 Å². The third-order valence-electron chi connectivity index (χ3n) is 5.85. The Balaban J connectivity index is 1.74. The molecule has 1 atom stereocenters. The van der Waals surface area contributed by atoms with E-state index in [4.69, 9.17) is 9.47 Å². The van der Waals surface area contributed by atoms with Gasteiger partial charge in [-0.3, -0.25) is 19.5 Å². The highest BCUT2D eigenvalue weighted by Gasteiger charge is 2.47. The number of esters is 1. The molecule has 196 valence electrons. The Bertz CT molecular complexity index is 1350. The van der Waals surface area contributed by atoms with Crippen LogP contribution in [0.5, 0.6) is 5.75 Å². The van der Waals surface area contributed by atoms with Crippen molar-refractivity contribution >= 4 is 29.1 Å². The third-order valence-corrected chi connectivity index (χ3v) is 5.85. The summed E-state index contributed by atoms with van der Waals surface area (Å²) in [7, 11) is 0. The van der Waals surface area contributed by atoms with Gasteiger partial charge in [-0.2, -0.15) is 0 Å². The van der Waals surface area contributed by atoms with Crippen LogP contribution in [0.25, 0.3) is 5.76 Å². The van der Waals surface area contributed by atoms with Crippen LogP contribution in [0.15, 0.2) is 78.5 Å². The van der Waals surface area contributed by atoms with Gasteiger partial charge in [0, 0.05) is 17.4 Å². The summed E-state index contributed by atoms with van der Waals surface area (Å²) in [6.45, 7) is 8.14. The van der Waals surface area contributed by atoms with Gasteiger partial charge in [0.2, 0.25) is 0 Å². The van der Waals surface area contributed by atoms with Crippen molar-refractivity contribution in [3.05, 3.63) is 95.3 Å². The molecule has 4 rings (SSSR count). The maximum absolute atomic E-state index is 13.3. The second kappa shape index (κ2) is 11.3. The number of hydrogen-bond acceptors (Lipinski definition) is 7. The molecule has 1 amide bonds. The molecular formula is C30H30N2O6. The topological polar surface area (TPSA) is 106 Å². The number of pyridine rings is 1. The molecule has 0 radical (unpaired) electrons. The molecule has 8 nitrogen and oxygen atoms in total. The third kappa shape index (κ3) is 5.59. The number of carbonyl (C=O) groups excluding carboxylic acids is 3. The van der Waals surface area contributed by atoms with Crippen LogP contribution >= 0.6 is 0 Å². The number of Topliss-reactive ketones (excluding diaryl/α,β-unsaturated/α-hetero) is 1. The standard InChI is InChI=1S/C30H30N2O6/c1-18(2)17-37-23-14-10-20(11-15-23)27(33)25-26(24-7-5-6-16-31-24)32(29(35)28(25)34)22-12-8-21(9-13-22)30(36)38-19(3)4/h5-16,18-19,26,33H,17H2,1-4H3/b27-25+. The normalized spacial score (nSPS) is 16.8. The smallest absolute Gasteiger partial charge is 0.338 e. The van der Waals surface area contributed by atoms with Crippen molar-refractivity contribution in [2.45, 2.75) is 39.8 Å². The number of nitrogens with zero attached hydrogens (tertiary/aromatic N) is 2. The van der Waals surface area contributed by atoms with Crippen molar-refractivity contribution < 1.29 is 29.0 Å². The van der Waals surface area contributed by atoms with Gasteiger partial charge in [-0.05, 0) is 80.4 Å². The number of aliphatic hydroxyl groups is 1. The molecule has 2 heterocycles. The minimum Gasteiger partial charge on any atom is -0.507 e. The molecule has 0 bridgehead atoms. The molecule has 0 saturated carbocycles. The van der Waals surface area contributed by atoms with E-state index in [-0.39, 0.29) is 17.4 Å². The summed E-state index contributed by atoms with van der Waals surface area (Å²) in [5.41, 5.74) is 1.39. The zero-order valence-electron chi connectivity index (χ0n) is 21.8. The monoisotopic (exact) mass is 514 g/mol. The highest BCUT2D eigenvalue weighted by molar-refractivity contribution is 6.51. The number of benzene rings is 2. The van der Waals surface area contributed by atoms with E-state index in [1.807, 2.05) is 13.8 Å². The van der Waals surface area contributed by atoms with Crippen LogP contribution in [0, 0.1) is 5.92 Å². The first-order chi connectivity index (χ1) is 18.2. The number of anilines is 1. The first-order valence-electron chi connectivity index (χ1n) is 12.4. The molecule has 3 aromatic rings. The molecule has 1 saturated heterocycles. The maximum Gasteiger partial charge on any atom is 0.338 e. The minimum absolute atomic E-state index is 0.0761. The summed E-state index contributed by atoms with van der Waals surface area (Å²) >= 11 is 0. The molecule has 1 aromatic heterocycles. The Labute approximate surface area is 221 Å². The number of amides is 1. The fourth-order valence-electron chi connectivity index (χ4n) is 4.08. The van der Waals surface area contributed by atoms with Crippen LogP contribution in [0.1, 0.15) is 55.4 Å². The first kappa shape index (κ1) is 26.6. The van der Waals surface area contributed by atoms with Gasteiger partial charge in [0.1, 0.15) is 17.6 Å². The Morgan fingerprint density at radius 3 is 2.18 bits per heavy atom. The molecule has 1 fully saturated rings. The van der Waals surface area contributed by atoms with Crippen LogP contribution in [0.2, 0.25) is 0 Å². The number of carbonyl (C=O) groups is 3. The van der Waals surface area contributed by atoms with Gasteiger partial charge in [0.05, 0.1) is 29.5 Å². The first-order valence-corrected chi connectivity index (χ1v) is 12.4. The summed E-state index contributed by atoms with van der Waals surface area (Å²) < 4.78 is 10.9. The molecule has 1 aliphatic heterocycles. The lowest BCUT2D eigenvalue weighted by Crippen LogP contribution is -2.29. The number of aromatic nitrogens is 1. The maximum atomic E-state index is 13.3. The Morgan fingerprint density at radius 2 is 1.61 bits per heavy atom. The van der Waals surface area contributed by atoms with Crippen molar-refractivity contribution in [1.29, 1.82) is 0 Å². The van der Waals surface area contributed by atoms with Crippen LogP contribution in [0.4, 0.5) is 5.69 Å². The molecule has 2 aromatic carbocycles. The summed E-state index contributed by atoms with van der Waals surface area (Å²) in [4.78, 5) is 44.5. The van der Waals surface area contributed by atoms with Crippen LogP contribution in [-0.4, -0.2) is 40.5 Å². The lowest BCUT2D eigenvalue weighted by Gasteiger charge is -2.24. The van der Waals surface area contributed by atoms with E-state index in [9.17, 15) is 19.5 Å². The molecule has 8 heteroatoms. The number of ether oxygens (including phenoxy) is 2. The Hall–Kier alpha value is -4.46. The predicted octanol–water partition coefficient (Wildman–Crippen LogP) is 5.31. The Morgan fingerprint density at radius 1 is 0.947 bits per heavy atom. The van der Waals surface area contributed by atoms with E-state index in [0.29, 0.717) is 40.8 Å². The highest BCUT2D eigenvalue weighted by atomic mass is 16.5. The lowest BCUT2D eigenvalue weighted by molar-refractivity contribution is -0.132. The molecule has 0 spiro atoms. The molecule has 38 heavy (non-hydrogen) atoms. The molecule has 1 aliphatic rings. The van der Waals surface area contributed by atoms with Gasteiger partial charge >= 0.3 is 5.97 Å². The molecule has 1 unspecified atom stereocenters. The number of aliphatic hydroxyl groups excluding tert-OH is 1. The van der Waals surface area contributed by atoms with E-state index in [2.05, 4.69) is 4.98 Å². The largest absolute Gasteiger partial charge is 0.507 e. The highest BCUT2D eigenvalue weighted by Crippen LogP contribution is 2.41. The van der Waals surface area contributed by atoms with E-state index >= 15 is 0 Å². The quantitative estimate of drug-likeness (QED) is 0.188. The average molecular weight is 515 g/mol. The van der Waals surface area contributed by atoms with E-state index in [0.717, 1.165) is 0 Å². The lowest BCUT2D eigenvalue weighted by atomic mass is 9.98. The van der Waals surface area contributed by atoms with Crippen molar-refractivity contribution in [3.8, 4) is 5.75 Å². The predicted molar refractivity (Wildman–Crippen MR) is 143 cm³/mol. The molecular weight excluding hydrogens is 484 g/mol. The van der Waals surface area contributed by atoms with E-state index in [1.54, 1.807) is 74.6 Å². The van der Waals surface area contributed by atoms with Crippen molar-refractivity contribution in [3.63, 3.8) is 0 Å². The second-order valence-electron chi connectivity index (χ2n) is 9.65. The van der Waals surface area contributed by atoms with Crippen molar-refractivity contribution in [2.24, 2.45) is 5.92 Å². The van der Waals surface area contributed by atoms with Crippen LogP contribution in [-0.2, 0) is 14.3 Å². The molecule has 1 N–H and O–H groups in total. The summed E-state index contributed by atoms with van der Waals surface area (Å²) in [5.74, 6) is -1.46. The summed E-state index contributed by atoms with van der Waals surface area (Å²) in [5, 5.41) is 11.3. The number of ketones is 1. The average Bonchev–Trinajstić information content (AvgIpc) is 3.17. The minimum atomic E-state index is -0.971. The zero-order chi connectivity index (χ0) is 27.4. The van der Waals surface area contributed by atoms with E-state index < -0.39 is 23.7 Å². The summed E-state index contributed by atoms with van der Waals surface area (Å²) in [6, 6.07) is 17.1. The van der Waals surface area contributed by atoms with Gasteiger partial charge in [0.25, 0.3) is 11.7 Å². The Kier molecular flexibility index (Phi) is 7.90. The van der Waals surface area contributed by atoms with Gasteiger partial charge in [-0.1, -0.05) is 19.9 Å². The molecule has 0 aliphatic carbocycles. The SMILES string of the molecule is CC(C)COc1ccc(/C(O)=C2\C(=O)C(=O)N(c3ccc(C(=O)OC(C)C)cc3)C2c2ccccn2)cc1. The van der Waals surface area contributed by atoms with Gasteiger partial charge in [0.15, 0.2) is 0 Å². The zero-order valence-corrected chi connectivity index (χ0v) is 21.8. The van der Waals surface area contributed by atoms with Crippen LogP contribution in [0.3, 0.4) is 0 Å². The van der Waals surface area contributed by atoms with Crippen LogP contribution < -0.4 is 9.64 Å².